The summed E-state index contributed by atoms with van der Waals surface area (Å²) < 4.78 is 6.48. The first kappa shape index (κ1) is 11.5. The molecule has 3 heteroatoms. The van der Waals surface area contributed by atoms with Gasteiger partial charge in [-0.05, 0) is 31.5 Å². The van der Waals surface area contributed by atoms with E-state index >= 15 is 0 Å². The van der Waals surface area contributed by atoms with Crippen LogP contribution in [0.4, 0.5) is 0 Å². The second kappa shape index (κ2) is 5.37. The van der Waals surface area contributed by atoms with Crippen molar-refractivity contribution in [2.75, 3.05) is 6.61 Å². The molecule has 0 amide bonds. The van der Waals surface area contributed by atoms with Crippen molar-refractivity contribution in [2.24, 2.45) is 0 Å². The first-order chi connectivity index (χ1) is 6.65. The maximum Gasteiger partial charge on any atom is 0.125 e. The fourth-order valence-corrected chi connectivity index (χ4v) is 1.57. The summed E-state index contributed by atoms with van der Waals surface area (Å²) >= 11 is 3.37. The first-order valence-electron chi connectivity index (χ1n) is 4.75. The molecule has 2 nitrogen and oxygen atoms in total. The predicted molar refractivity (Wildman–Crippen MR) is 60.6 cm³/mol. The van der Waals surface area contributed by atoms with Gasteiger partial charge in [-0.15, -0.1) is 0 Å². The van der Waals surface area contributed by atoms with E-state index in [0.717, 1.165) is 22.2 Å². The van der Waals surface area contributed by atoms with Gasteiger partial charge in [0.05, 0.1) is 12.7 Å². The van der Waals surface area contributed by atoms with Gasteiger partial charge in [-0.1, -0.05) is 22.9 Å². The highest BCUT2D eigenvalue weighted by Crippen LogP contribution is 2.28. The lowest BCUT2D eigenvalue weighted by atomic mass is 10.1. The summed E-state index contributed by atoms with van der Waals surface area (Å²) in [6, 6.07) is 5.67. The molecule has 0 saturated heterocycles. The van der Waals surface area contributed by atoms with Gasteiger partial charge < -0.3 is 9.84 Å². The van der Waals surface area contributed by atoms with Crippen molar-refractivity contribution in [3.8, 4) is 5.75 Å². The number of hydrogen-bond donors (Lipinski definition) is 1. The lowest BCUT2D eigenvalue weighted by molar-refractivity contribution is 0.191. The number of ether oxygens (including phenoxy) is 1. The zero-order chi connectivity index (χ0) is 10.6. The molecular weight excluding hydrogens is 244 g/mol. The SMILES string of the molecule is CCCOc1ccc(Br)cc1[C@@H](C)O. The van der Waals surface area contributed by atoms with E-state index in [1.807, 2.05) is 18.2 Å². The minimum atomic E-state index is -0.501. The molecule has 0 fully saturated rings. The summed E-state index contributed by atoms with van der Waals surface area (Å²) in [7, 11) is 0. The van der Waals surface area contributed by atoms with E-state index in [4.69, 9.17) is 4.74 Å². The highest BCUT2D eigenvalue weighted by molar-refractivity contribution is 9.10. The molecule has 78 valence electrons. The topological polar surface area (TPSA) is 29.5 Å². The number of hydrogen-bond acceptors (Lipinski definition) is 2. The normalized spacial score (nSPS) is 12.6. The molecule has 0 aliphatic carbocycles. The van der Waals surface area contributed by atoms with E-state index in [1.54, 1.807) is 6.92 Å². The van der Waals surface area contributed by atoms with Crippen LogP contribution in [0.25, 0.3) is 0 Å². The summed E-state index contributed by atoms with van der Waals surface area (Å²) in [6.45, 7) is 4.48. The molecule has 1 atom stereocenters. The Kier molecular flexibility index (Phi) is 4.42. The highest BCUT2D eigenvalue weighted by Gasteiger charge is 2.09. The standard InChI is InChI=1S/C11H15BrO2/c1-3-6-14-11-5-4-9(12)7-10(11)8(2)13/h4-5,7-8,13H,3,6H2,1-2H3/t8-/m1/s1. The summed E-state index contributed by atoms with van der Waals surface area (Å²) in [6.07, 6.45) is 0.467. The Morgan fingerprint density at radius 3 is 2.79 bits per heavy atom. The van der Waals surface area contributed by atoms with Gasteiger partial charge in [-0.25, -0.2) is 0 Å². The third kappa shape index (κ3) is 3.00. The van der Waals surface area contributed by atoms with Gasteiger partial charge in [0.15, 0.2) is 0 Å². The van der Waals surface area contributed by atoms with Gasteiger partial charge >= 0.3 is 0 Å². The van der Waals surface area contributed by atoms with Crippen LogP contribution >= 0.6 is 15.9 Å². The Morgan fingerprint density at radius 1 is 1.50 bits per heavy atom. The molecule has 1 aromatic carbocycles. The molecule has 1 N–H and O–H groups in total. The summed E-state index contributed by atoms with van der Waals surface area (Å²) in [5.74, 6) is 0.769. The average Bonchev–Trinajstić information content (AvgIpc) is 2.15. The van der Waals surface area contributed by atoms with E-state index in [1.165, 1.54) is 0 Å². The minimum Gasteiger partial charge on any atom is -0.493 e. The van der Waals surface area contributed by atoms with Crippen molar-refractivity contribution in [1.29, 1.82) is 0 Å². The fraction of sp³-hybridized carbons (Fsp3) is 0.455. The maximum absolute atomic E-state index is 9.53. The third-order valence-corrected chi connectivity index (χ3v) is 2.38. The molecule has 0 aliphatic rings. The maximum atomic E-state index is 9.53. The highest BCUT2D eigenvalue weighted by atomic mass is 79.9. The van der Waals surface area contributed by atoms with Crippen LogP contribution in [0.3, 0.4) is 0 Å². The van der Waals surface area contributed by atoms with Crippen LogP contribution in [-0.4, -0.2) is 11.7 Å². The van der Waals surface area contributed by atoms with E-state index in [9.17, 15) is 5.11 Å². The number of benzene rings is 1. The molecule has 0 unspecified atom stereocenters. The molecule has 1 aromatic rings. The van der Waals surface area contributed by atoms with Crippen LogP contribution in [0.5, 0.6) is 5.75 Å². The van der Waals surface area contributed by atoms with Crippen LogP contribution in [-0.2, 0) is 0 Å². The minimum absolute atomic E-state index is 0.501. The lowest BCUT2D eigenvalue weighted by Gasteiger charge is -2.13. The third-order valence-electron chi connectivity index (χ3n) is 1.88. The van der Waals surface area contributed by atoms with Crippen LogP contribution in [0.1, 0.15) is 31.9 Å². The van der Waals surface area contributed by atoms with Crippen molar-refractivity contribution < 1.29 is 9.84 Å². The van der Waals surface area contributed by atoms with Crippen LogP contribution in [0.15, 0.2) is 22.7 Å². The lowest BCUT2D eigenvalue weighted by Crippen LogP contribution is -2.01. The summed E-state index contributed by atoms with van der Waals surface area (Å²) in [4.78, 5) is 0. The molecule has 0 aromatic heterocycles. The fourth-order valence-electron chi connectivity index (χ4n) is 1.19. The summed E-state index contributed by atoms with van der Waals surface area (Å²) in [5, 5.41) is 9.53. The van der Waals surface area contributed by atoms with Crippen molar-refractivity contribution in [2.45, 2.75) is 26.4 Å². The molecule has 0 heterocycles. The molecular formula is C11H15BrO2. The Bertz CT molecular complexity index is 297. The predicted octanol–water partition coefficient (Wildman–Crippen LogP) is 3.29. The quantitative estimate of drug-likeness (QED) is 0.899. The van der Waals surface area contributed by atoms with Crippen molar-refractivity contribution in [3.05, 3.63) is 28.2 Å². The van der Waals surface area contributed by atoms with Crippen LogP contribution in [0, 0.1) is 0 Å². The number of rotatable bonds is 4. The van der Waals surface area contributed by atoms with E-state index in [0.29, 0.717) is 6.61 Å². The number of aliphatic hydroxyl groups is 1. The summed E-state index contributed by atoms with van der Waals surface area (Å²) in [5.41, 5.74) is 0.827. The van der Waals surface area contributed by atoms with Crippen LogP contribution < -0.4 is 4.74 Å². The average molecular weight is 259 g/mol. The van der Waals surface area contributed by atoms with E-state index < -0.39 is 6.10 Å². The Balaban J connectivity index is 2.90. The van der Waals surface area contributed by atoms with Gasteiger partial charge in [0.25, 0.3) is 0 Å². The second-order valence-corrected chi connectivity index (χ2v) is 4.12. The molecule has 0 aliphatic heterocycles. The number of halogens is 1. The first-order valence-corrected chi connectivity index (χ1v) is 5.54. The van der Waals surface area contributed by atoms with Gasteiger partial charge in [0.2, 0.25) is 0 Å². The van der Waals surface area contributed by atoms with E-state index in [-0.39, 0.29) is 0 Å². The Morgan fingerprint density at radius 2 is 2.21 bits per heavy atom. The van der Waals surface area contributed by atoms with Crippen molar-refractivity contribution in [3.63, 3.8) is 0 Å². The molecule has 1 rings (SSSR count). The smallest absolute Gasteiger partial charge is 0.125 e. The van der Waals surface area contributed by atoms with Crippen molar-refractivity contribution in [1.82, 2.24) is 0 Å². The molecule has 0 spiro atoms. The van der Waals surface area contributed by atoms with Gasteiger partial charge in [0, 0.05) is 10.0 Å². The largest absolute Gasteiger partial charge is 0.493 e. The van der Waals surface area contributed by atoms with Gasteiger partial charge in [-0.2, -0.15) is 0 Å². The molecule has 0 saturated carbocycles. The number of aliphatic hydroxyl groups excluding tert-OH is 1. The van der Waals surface area contributed by atoms with Crippen LogP contribution in [0.2, 0.25) is 0 Å². The van der Waals surface area contributed by atoms with E-state index in [2.05, 4.69) is 22.9 Å². The van der Waals surface area contributed by atoms with Gasteiger partial charge in [0.1, 0.15) is 5.75 Å². The molecule has 14 heavy (non-hydrogen) atoms. The zero-order valence-corrected chi connectivity index (χ0v) is 10.0. The Hall–Kier alpha value is -0.540. The molecule has 0 bridgehead atoms. The Labute approximate surface area is 93.0 Å². The monoisotopic (exact) mass is 258 g/mol. The molecule has 0 radical (unpaired) electrons. The zero-order valence-electron chi connectivity index (χ0n) is 8.46. The van der Waals surface area contributed by atoms with Crippen molar-refractivity contribution >= 4 is 15.9 Å². The second-order valence-electron chi connectivity index (χ2n) is 3.21. The van der Waals surface area contributed by atoms with Gasteiger partial charge in [-0.3, -0.25) is 0 Å².